The normalized spacial score (nSPS) is 27.7. The predicted octanol–water partition coefficient (Wildman–Crippen LogP) is 1.58. The molecule has 5 heteroatoms. The zero-order valence-corrected chi connectivity index (χ0v) is 13.5. The van der Waals surface area contributed by atoms with E-state index >= 15 is 0 Å². The van der Waals surface area contributed by atoms with Gasteiger partial charge in [0.15, 0.2) is 0 Å². The minimum atomic E-state index is -0.683. The van der Waals surface area contributed by atoms with Crippen molar-refractivity contribution in [2.45, 2.75) is 57.7 Å². The molecule has 0 aromatic heterocycles. The number of amides is 2. The summed E-state index contributed by atoms with van der Waals surface area (Å²) in [5, 5.41) is 13.0. The van der Waals surface area contributed by atoms with E-state index in [-0.39, 0.29) is 18.1 Å². The first kappa shape index (κ1) is 16.3. The number of piperazine rings is 1. The number of nitrogens with zero attached hydrogens (tertiary/aromatic N) is 2. The molecule has 0 aromatic rings. The molecule has 0 aromatic carbocycles. The number of allylic oxidation sites excluding steroid dienone is 1. The van der Waals surface area contributed by atoms with Gasteiger partial charge in [-0.2, -0.15) is 0 Å². The summed E-state index contributed by atoms with van der Waals surface area (Å²) in [7, 11) is 0. The third kappa shape index (κ3) is 5.00. The number of rotatable bonds is 3. The highest BCUT2D eigenvalue weighted by Crippen LogP contribution is 2.15. The average molecular weight is 295 g/mol. The second-order valence-corrected chi connectivity index (χ2v) is 7.01. The molecular formula is C16H29N3O2. The van der Waals surface area contributed by atoms with Gasteiger partial charge in [0.2, 0.25) is 0 Å². The Hall–Kier alpha value is -1.07. The molecule has 120 valence electrons. The van der Waals surface area contributed by atoms with Crippen molar-refractivity contribution in [3.8, 4) is 0 Å². The summed E-state index contributed by atoms with van der Waals surface area (Å²) in [6, 6.07) is 0.406. The van der Waals surface area contributed by atoms with Gasteiger partial charge in [-0.1, -0.05) is 12.2 Å². The molecule has 0 radical (unpaired) electrons. The number of nitrogens with one attached hydrogen (secondary N) is 1. The summed E-state index contributed by atoms with van der Waals surface area (Å²) >= 11 is 0. The summed E-state index contributed by atoms with van der Waals surface area (Å²) in [4.78, 5) is 16.5. The van der Waals surface area contributed by atoms with Crippen molar-refractivity contribution in [2.75, 3.05) is 26.2 Å². The maximum atomic E-state index is 12.4. The summed E-state index contributed by atoms with van der Waals surface area (Å²) < 4.78 is 0. The zero-order valence-electron chi connectivity index (χ0n) is 13.5. The SMILES string of the molecule is C[C@H]1CN(CC(C)(C)O)CCN1C(=O)N[C@@H]1C=CCCC1. The smallest absolute Gasteiger partial charge is 0.318 e. The highest BCUT2D eigenvalue weighted by atomic mass is 16.3. The molecule has 21 heavy (non-hydrogen) atoms. The van der Waals surface area contributed by atoms with Crippen molar-refractivity contribution in [2.24, 2.45) is 0 Å². The molecule has 1 aliphatic heterocycles. The van der Waals surface area contributed by atoms with Gasteiger partial charge in [0.25, 0.3) is 0 Å². The summed E-state index contributed by atoms with van der Waals surface area (Å²) in [5.74, 6) is 0. The van der Waals surface area contributed by atoms with Crippen molar-refractivity contribution >= 4 is 6.03 Å². The van der Waals surface area contributed by atoms with Gasteiger partial charge in [0.05, 0.1) is 5.60 Å². The van der Waals surface area contributed by atoms with Crippen molar-refractivity contribution in [1.29, 1.82) is 0 Å². The minimum Gasteiger partial charge on any atom is -0.389 e. The van der Waals surface area contributed by atoms with E-state index in [0.29, 0.717) is 6.54 Å². The molecule has 2 rings (SSSR count). The van der Waals surface area contributed by atoms with Gasteiger partial charge in [-0.3, -0.25) is 4.90 Å². The molecule has 1 saturated heterocycles. The summed E-state index contributed by atoms with van der Waals surface area (Å²) in [6.07, 6.45) is 7.57. The number of hydrogen-bond acceptors (Lipinski definition) is 3. The fraction of sp³-hybridized carbons (Fsp3) is 0.812. The predicted molar refractivity (Wildman–Crippen MR) is 84.2 cm³/mol. The van der Waals surface area contributed by atoms with Gasteiger partial charge >= 0.3 is 6.03 Å². The van der Waals surface area contributed by atoms with Crippen molar-refractivity contribution in [1.82, 2.24) is 15.1 Å². The van der Waals surface area contributed by atoms with Crippen LogP contribution in [0.3, 0.4) is 0 Å². The molecular weight excluding hydrogens is 266 g/mol. The maximum Gasteiger partial charge on any atom is 0.318 e. The molecule has 1 aliphatic carbocycles. The Kier molecular flexibility index (Phi) is 5.27. The standard InChI is InChI=1S/C16H29N3O2/c1-13-11-18(12-16(2,3)21)9-10-19(13)15(20)17-14-7-5-4-6-8-14/h5,7,13-14,21H,4,6,8-12H2,1-3H3,(H,17,20)/t13-,14+/m0/s1. The van der Waals surface area contributed by atoms with E-state index in [0.717, 1.165) is 38.9 Å². The molecule has 0 bridgehead atoms. The van der Waals surface area contributed by atoms with Crippen molar-refractivity contribution < 1.29 is 9.90 Å². The fourth-order valence-electron chi connectivity index (χ4n) is 3.20. The number of urea groups is 1. The van der Waals surface area contributed by atoms with E-state index in [1.807, 2.05) is 18.7 Å². The van der Waals surface area contributed by atoms with Gasteiger partial charge in [0, 0.05) is 38.3 Å². The van der Waals surface area contributed by atoms with Crippen LogP contribution in [0, 0.1) is 0 Å². The van der Waals surface area contributed by atoms with Crippen LogP contribution in [0.1, 0.15) is 40.0 Å². The molecule has 2 amide bonds. The van der Waals surface area contributed by atoms with Crippen LogP contribution in [-0.4, -0.2) is 64.8 Å². The Bertz CT molecular complexity index is 389. The van der Waals surface area contributed by atoms with Crippen LogP contribution in [-0.2, 0) is 0 Å². The molecule has 0 saturated carbocycles. The highest BCUT2D eigenvalue weighted by molar-refractivity contribution is 5.75. The quantitative estimate of drug-likeness (QED) is 0.777. The van der Waals surface area contributed by atoms with Gasteiger partial charge in [-0.15, -0.1) is 0 Å². The van der Waals surface area contributed by atoms with Crippen LogP contribution < -0.4 is 5.32 Å². The number of β-amino-alcohol motifs (C(OH)–C–C–N with tert-alkyl or cyclic N) is 1. The summed E-state index contributed by atoms with van der Waals surface area (Å²) in [5.41, 5.74) is -0.683. The zero-order chi connectivity index (χ0) is 15.5. The Morgan fingerprint density at radius 1 is 1.43 bits per heavy atom. The lowest BCUT2D eigenvalue weighted by Crippen LogP contribution is -2.59. The molecule has 1 heterocycles. The van der Waals surface area contributed by atoms with Crippen LogP contribution in [0.25, 0.3) is 0 Å². The molecule has 2 atom stereocenters. The van der Waals surface area contributed by atoms with E-state index in [4.69, 9.17) is 0 Å². The number of aliphatic hydroxyl groups is 1. The second kappa shape index (κ2) is 6.79. The van der Waals surface area contributed by atoms with Crippen LogP contribution in [0.4, 0.5) is 4.79 Å². The summed E-state index contributed by atoms with van der Waals surface area (Å²) in [6.45, 7) is 8.74. The first-order chi connectivity index (χ1) is 9.85. The Morgan fingerprint density at radius 3 is 2.76 bits per heavy atom. The average Bonchev–Trinajstić information content (AvgIpc) is 2.37. The van der Waals surface area contributed by atoms with Crippen LogP contribution >= 0.6 is 0 Å². The lowest BCUT2D eigenvalue weighted by atomic mass is 10.0. The largest absolute Gasteiger partial charge is 0.389 e. The van der Waals surface area contributed by atoms with E-state index in [9.17, 15) is 9.90 Å². The molecule has 5 nitrogen and oxygen atoms in total. The highest BCUT2D eigenvalue weighted by Gasteiger charge is 2.30. The molecule has 2 aliphatic rings. The van der Waals surface area contributed by atoms with Gasteiger partial charge in [-0.05, 0) is 40.0 Å². The monoisotopic (exact) mass is 295 g/mol. The van der Waals surface area contributed by atoms with Gasteiger partial charge < -0.3 is 15.3 Å². The molecule has 0 spiro atoms. The van der Waals surface area contributed by atoms with Crippen molar-refractivity contribution in [3.63, 3.8) is 0 Å². The third-order valence-corrected chi connectivity index (χ3v) is 4.15. The first-order valence-electron chi connectivity index (χ1n) is 8.04. The van der Waals surface area contributed by atoms with Gasteiger partial charge in [0.1, 0.15) is 0 Å². The Morgan fingerprint density at radius 2 is 2.19 bits per heavy atom. The topological polar surface area (TPSA) is 55.8 Å². The number of carbonyl (C=O) groups is 1. The fourth-order valence-corrected chi connectivity index (χ4v) is 3.20. The Labute approximate surface area is 128 Å². The second-order valence-electron chi connectivity index (χ2n) is 7.01. The van der Waals surface area contributed by atoms with Crippen LogP contribution in [0.5, 0.6) is 0 Å². The van der Waals surface area contributed by atoms with E-state index < -0.39 is 5.60 Å². The number of carbonyl (C=O) groups excluding carboxylic acids is 1. The Balaban J connectivity index is 1.83. The molecule has 0 unspecified atom stereocenters. The van der Waals surface area contributed by atoms with E-state index in [2.05, 4.69) is 29.3 Å². The van der Waals surface area contributed by atoms with Gasteiger partial charge in [-0.25, -0.2) is 4.79 Å². The first-order valence-corrected chi connectivity index (χ1v) is 8.04. The lowest BCUT2D eigenvalue weighted by molar-refractivity contribution is 0.0118. The number of hydrogen-bond donors (Lipinski definition) is 2. The third-order valence-electron chi connectivity index (χ3n) is 4.15. The van der Waals surface area contributed by atoms with E-state index in [1.54, 1.807) is 0 Å². The van der Waals surface area contributed by atoms with Crippen LogP contribution in [0.15, 0.2) is 12.2 Å². The molecule has 2 N–H and O–H groups in total. The van der Waals surface area contributed by atoms with Crippen molar-refractivity contribution in [3.05, 3.63) is 12.2 Å². The van der Waals surface area contributed by atoms with E-state index in [1.165, 1.54) is 0 Å². The molecule has 1 fully saturated rings. The minimum absolute atomic E-state index is 0.0435. The lowest BCUT2D eigenvalue weighted by Gasteiger charge is -2.42. The maximum absolute atomic E-state index is 12.4. The van der Waals surface area contributed by atoms with Crippen LogP contribution in [0.2, 0.25) is 0 Å².